The smallest absolute Gasteiger partial charge is 0.274 e. The first-order valence-electron chi connectivity index (χ1n) is 11.9. The first kappa shape index (κ1) is 23.3. The number of pyridine rings is 1. The van der Waals surface area contributed by atoms with Crippen molar-refractivity contribution in [2.75, 3.05) is 24.8 Å². The van der Waals surface area contributed by atoms with E-state index in [2.05, 4.69) is 33.0 Å². The molecular formula is C24H30FN7O3. The van der Waals surface area contributed by atoms with Crippen LogP contribution in [-0.4, -0.2) is 57.0 Å². The van der Waals surface area contributed by atoms with Crippen molar-refractivity contribution >= 4 is 28.9 Å². The normalized spacial score (nSPS) is 25.9. The number of nitrogens with one attached hydrogen (secondary N) is 3. The number of rotatable bonds is 7. The number of nitrogens with zero attached hydrogens (tertiary/aromatic N) is 4. The molecule has 3 aromatic rings. The van der Waals surface area contributed by atoms with Gasteiger partial charge in [-0.15, -0.1) is 0 Å². The molecule has 4 atom stereocenters. The SMILES string of the molecule is CNc1cc(Nc2cccn([C@@H]3CCC[C@](C)(OC)C3)c2=O)nc2c(C(=O)N[C@@H]3C[C@@H]3F)cnn12. The summed E-state index contributed by atoms with van der Waals surface area (Å²) in [5, 5.41) is 13.1. The van der Waals surface area contributed by atoms with Crippen molar-refractivity contribution in [3.63, 3.8) is 0 Å². The lowest BCUT2D eigenvalue weighted by Crippen LogP contribution is -2.38. The topological polar surface area (TPSA) is 115 Å². The molecule has 0 bridgehead atoms. The number of alkyl halides is 1. The van der Waals surface area contributed by atoms with Crippen molar-refractivity contribution in [2.24, 2.45) is 0 Å². The third-order valence-corrected chi connectivity index (χ3v) is 7.04. The Hall–Kier alpha value is -3.47. The Morgan fingerprint density at radius 3 is 2.89 bits per heavy atom. The molecule has 3 aromatic heterocycles. The van der Waals surface area contributed by atoms with Gasteiger partial charge in [-0.1, -0.05) is 0 Å². The van der Waals surface area contributed by atoms with Crippen molar-refractivity contribution in [2.45, 2.75) is 62.9 Å². The number of hydrogen-bond donors (Lipinski definition) is 3. The van der Waals surface area contributed by atoms with E-state index in [0.717, 1.165) is 25.7 Å². The largest absolute Gasteiger partial charge is 0.378 e. The van der Waals surface area contributed by atoms with E-state index in [1.807, 2.05) is 12.3 Å². The molecule has 2 fully saturated rings. The van der Waals surface area contributed by atoms with Crippen LogP contribution < -0.4 is 21.5 Å². The van der Waals surface area contributed by atoms with Crippen LogP contribution in [0.5, 0.6) is 0 Å². The van der Waals surface area contributed by atoms with Gasteiger partial charge in [-0.25, -0.2) is 9.37 Å². The van der Waals surface area contributed by atoms with E-state index < -0.39 is 18.1 Å². The highest BCUT2D eigenvalue weighted by Crippen LogP contribution is 2.37. The van der Waals surface area contributed by atoms with Gasteiger partial charge in [0.15, 0.2) is 5.65 Å². The van der Waals surface area contributed by atoms with Crippen LogP contribution in [0, 0.1) is 0 Å². The molecule has 0 unspecified atom stereocenters. The first-order chi connectivity index (χ1) is 16.8. The summed E-state index contributed by atoms with van der Waals surface area (Å²) in [7, 11) is 3.44. The lowest BCUT2D eigenvalue weighted by molar-refractivity contribution is -0.0375. The van der Waals surface area contributed by atoms with Gasteiger partial charge < -0.3 is 25.3 Å². The first-order valence-corrected chi connectivity index (χ1v) is 11.9. The molecular weight excluding hydrogens is 453 g/mol. The van der Waals surface area contributed by atoms with Crippen LogP contribution in [0.3, 0.4) is 0 Å². The number of ether oxygens (including phenoxy) is 1. The predicted octanol–water partition coefficient (Wildman–Crippen LogP) is 3.04. The molecule has 0 radical (unpaired) electrons. The van der Waals surface area contributed by atoms with Crippen LogP contribution in [0.15, 0.2) is 35.4 Å². The second kappa shape index (κ2) is 8.95. The quantitative estimate of drug-likeness (QED) is 0.473. The van der Waals surface area contributed by atoms with Gasteiger partial charge in [-0.3, -0.25) is 9.59 Å². The third kappa shape index (κ3) is 4.47. The highest BCUT2D eigenvalue weighted by Gasteiger charge is 2.39. The summed E-state index contributed by atoms with van der Waals surface area (Å²) in [5.41, 5.74) is 0.504. The molecule has 2 aliphatic carbocycles. The van der Waals surface area contributed by atoms with Crippen molar-refractivity contribution in [3.8, 4) is 0 Å². The summed E-state index contributed by atoms with van der Waals surface area (Å²) in [6, 6.07) is 4.82. The van der Waals surface area contributed by atoms with Crippen LogP contribution >= 0.6 is 0 Å². The van der Waals surface area contributed by atoms with Crippen LogP contribution in [0.2, 0.25) is 0 Å². The van der Waals surface area contributed by atoms with Gasteiger partial charge in [0, 0.05) is 38.9 Å². The summed E-state index contributed by atoms with van der Waals surface area (Å²) < 4.78 is 22.2. The molecule has 35 heavy (non-hydrogen) atoms. The van der Waals surface area contributed by atoms with Crippen molar-refractivity contribution < 1.29 is 13.9 Å². The number of aromatic nitrogens is 4. The van der Waals surface area contributed by atoms with Gasteiger partial charge in [0.25, 0.3) is 11.5 Å². The Kier molecular flexibility index (Phi) is 5.96. The van der Waals surface area contributed by atoms with Gasteiger partial charge in [0.05, 0.1) is 17.8 Å². The fourth-order valence-corrected chi connectivity index (χ4v) is 4.79. The zero-order chi connectivity index (χ0) is 24.7. The molecule has 2 aliphatic rings. The number of anilines is 3. The number of halogens is 1. The van der Waals surface area contributed by atoms with Crippen molar-refractivity contribution in [1.82, 2.24) is 24.5 Å². The summed E-state index contributed by atoms with van der Waals surface area (Å²) in [6.45, 7) is 2.08. The van der Waals surface area contributed by atoms with Crippen LogP contribution in [0.4, 0.5) is 21.7 Å². The minimum absolute atomic E-state index is 0.0399. The maximum Gasteiger partial charge on any atom is 0.274 e. The molecule has 11 heteroatoms. The van der Waals surface area contributed by atoms with E-state index in [-0.39, 0.29) is 22.8 Å². The number of carbonyl (C=O) groups excluding carboxylic acids is 1. The third-order valence-electron chi connectivity index (χ3n) is 7.04. The van der Waals surface area contributed by atoms with Gasteiger partial charge in [0.2, 0.25) is 0 Å². The zero-order valence-electron chi connectivity index (χ0n) is 20.0. The van der Waals surface area contributed by atoms with Crippen LogP contribution in [-0.2, 0) is 4.74 Å². The zero-order valence-corrected chi connectivity index (χ0v) is 20.0. The van der Waals surface area contributed by atoms with E-state index in [1.54, 1.807) is 30.9 Å². The van der Waals surface area contributed by atoms with Crippen molar-refractivity contribution in [3.05, 3.63) is 46.5 Å². The average Bonchev–Trinajstić information content (AvgIpc) is 3.36. The molecule has 2 saturated carbocycles. The minimum Gasteiger partial charge on any atom is -0.378 e. The van der Waals surface area contributed by atoms with E-state index in [4.69, 9.17) is 4.74 Å². The van der Waals surface area contributed by atoms with Gasteiger partial charge >= 0.3 is 0 Å². The molecule has 10 nitrogen and oxygen atoms in total. The van der Waals surface area contributed by atoms with E-state index >= 15 is 0 Å². The maximum absolute atomic E-state index is 13.4. The number of hydrogen-bond acceptors (Lipinski definition) is 7. The fraction of sp³-hybridized carbons (Fsp3) is 0.500. The summed E-state index contributed by atoms with van der Waals surface area (Å²) in [6.07, 6.45) is 6.15. The molecule has 1 amide bonds. The minimum atomic E-state index is -1.01. The monoisotopic (exact) mass is 483 g/mol. The lowest BCUT2D eigenvalue weighted by atomic mass is 9.83. The molecule has 0 aliphatic heterocycles. The van der Waals surface area contributed by atoms with E-state index in [9.17, 15) is 14.0 Å². The number of carbonyl (C=O) groups is 1. The summed E-state index contributed by atoms with van der Waals surface area (Å²) in [5.74, 6) is 0.523. The predicted molar refractivity (Wildman–Crippen MR) is 130 cm³/mol. The Bertz CT molecular complexity index is 1320. The molecule has 3 heterocycles. The second-order valence-corrected chi connectivity index (χ2v) is 9.57. The Labute approximate surface area is 201 Å². The number of methoxy groups -OCH3 is 1. The molecule has 0 saturated heterocycles. The molecule has 5 rings (SSSR count). The maximum atomic E-state index is 13.4. The molecule has 0 spiro atoms. The van der Waals surface area contributed by atoms with Gasteiger partial charge in [0.1, 0.15) is 29.1 Å². The standard InChI is InChI=1S/C24H30FN7O3/c1-24(35-3)8-4-6-14(12-24)31-9-5-7-17(23(31)34)28-19-11-20(26-2)32-21(30-19)15(13-27-32)22(33)29-18-10-16(18)25/h5,7,9,11,13-14,16,18,26H,4,6,8,10,12H2,1-3H3,(H,28,30)(H,29,33)/t14-,16+,18-,24+/m1/s1. The number of fused-ring (bicyclic) bond motifs is 1. The highest BCUT2D eigenvalue weighted by atomic mass is 19.1. The lowest BCUT2D eigenvalue weighted by Gasteiger charge is -2.37. The average molecular weight is 484 g/mol. The Morgan fingerprint density at radius 1 is 1.37 bits per heavy atom. The summed E-state index contributed by atoms with van der Waals surface area (Å²) >= 11 is 0. The molecule has 0 aromatic carbocycles. The van der Waals surface area contributed by atoms with Crippen LogP contribution in [0.25, 0.3) is 5.65 Å². The fourth-order valence-electron chi connectivity index (χ4n) is 4.79. The Balaban J connectivity index is 1.45. The van der Waals surface area contributed by atoms with Gasteiger partial charge in [-0.05, 0) is 44.7 Å². The second-order valence-electron chi connectivity index (χ2n) is 9.57. The number of amides is 1. The summed E-state index contributed by atoms with van der Waals surface area (Å²) in [4.78, 5) is 30.6. The van der Waals surface area contributed by atoms with Crippen molar-refractivity contribution in [1.29, 1.82) is 0 Å². The van der Waals surface area contributed by atoms with Gasteiger partial charge in [-0.2, -0.15) is 9.61 Å². The van der Waals surface area contributed by atoms with E-state index in [0.29, 0.717) is 29.4 Å². The molecule has 186 valence electrons. The van der Waals surface area contributed by atoms with E-state index in [1.165, 1.54) is 10.7 Å². The Morgan fingerprint density at radius 2 is 2.17 bits per heavy atom. The van der Waals surface area contributed by atoms with Crippen LogP contribution in [0.1, 0.15) is 55.4 Å². The highest BCUT2D eigenvalue weighted by molar-refractivity contribution is 6.00. The molecule has 3 N–H and O–H groups in total.